The molecule has 37 heavy (non-hydrogen) atoms. The zero-order valence-corrected chi connectivity index (χ0v) is 20.4. The first kappa shape index (κ1) is 24.4. The highest BCUT2D eigenvalue weighted by atomic mass is 16.6. The number of nitrogens with zero attached hydrogens (tertiary/aromatic N) is 2. The van der Waals surface area contributed by atoms with Crippen LogP contribution in [-0.2, 0) is 15.1 Å². The number of benzene rings is 3. The van der Waals surface area contributed by atoms with Crippen molar-refractivity contribution < 1.29 is 9.47 Å². The first-order valence-electron chi connectivity index (χ1n) is 12.2. The molecule has 7 heteroatoms. The highest BCUT2D eigenvalue weighted by Gasteiger charge is 2.42. The quantitative estimate of drug-likeness (QED) is 0.388. The smallest absolute Gasteiger partial charge is 0.330 e. The minimum atomic E-state index is -0.948. The van der Waals surface area contributed by atoms with Crippen molar-refractivity contribution in [3.63, 3.8) is 0 Å². The SMILES string of the molecule is Cc1cn([C@H]2C[C@@H](C#N)[C@@H](COC(c3ccccc3)(c3ccccc3)c3ccccc3)O2)c(=O)[nH]c1=O. The average molecular weight is 494 g/mol. The Kier molecular flexibility index (Phi) is 6.87. The zero-order chi connectivity index (χ0) is 25.8. The lowest BCUT2D eigenvalue weighted by atomic mass is 9.80. The van der Waals surface area contributed by atoms with E-state index in [9.17, 15) is 14.9 Å². The van der Waals surface area contributed by atoms with Crippen LogP contribution in [0.2, 0.25) is 0 Å². The van der Waals surface area contributed by atoms with Crippen molar-refractivity contribution in [2.24, 2.45) is 5.92 Å². The molecular weight excluding hydrogens is 466 g/mol. The monoisotopic (exact) mass is 493 g/mol. The van der Waals surface area contributed by atoms with E-state index < -0.39 is 35.1 Å². The molecule has 0 radical (unpaired) electrons. The Labute approximate surface area is 214 Å². The molecule has 186 valence electrons. The summed E-state index contributed by atoms with van der Waals surface area (Å²) in [4.78, 5) is 26.6. The maximum absolute atomic E-state index is 12.5. The third kappa shape index (κ3) is 4.65. The topological polar surface area (TPSA) is 97.1 Å². The molecule has 5 rings (SSSR count). The Hall–Kier alpha value is -4.25. The van der Waals surface area contributed by atoms with Crippen LogP contribution >= 0.6 is 0 Å². The van der Waals surface area contributed by atoms with Gasteiger partial charge in [0.2, 0.25) is 0 Å². The Bertz CT molecular complexity index is 1410. The number of rotatable bonds is 7. The standard InChI is InChI=1S/C30H27N3O4/c1-21-19-33(29(35)32-28(21)34)27-17-22(18-31)26(37-27)20-36-30(23-11-5-2-6-12-23,24-13-7-3-8-14-24)25-15-9-4-10-16-25/h2-16,19,22,26-27H,17,20H2,1H3,(H,32,34,35)/t22-,26+,27+/m0/s1. The Balaban J connectivity index is 1.53. The highest BCUT2D eigenvalue weighted by molar-refractivity contribution is 5.47. The summed E-state index contributed by atoms with van der Waals surface area (Å²) in [6, 6.07) is 32.3. The maximum atomic E-state index is 12.5. The molecule has 2 heterocycles. The van der Waals surface area contributed by atoms with Crippen LogP contribution in [0.25, 0.3) is 0 Å². The van der Waals surface area contributed by atoms with E-state index in [1.165, 1.54) is 10.8 Å². The fourth-order valence-corrected chi connectivity index (χ4v) is 4.97. The van der Waals surface area contributed by atoms with Crippen LogP contribution in [-0.4, -0.2) is 22.3 Å². The van der Waals surface area contributed by atoms with Crippen molar-refractivity contribution in [3.05, 3.63) is 140 Å². The van der Waals surface area contributed by atoms with Gasteiger partial charge in [0.1, 0.15) is 11.8 Å². The van der Waals surface area contributed by atoms with Gasteiger partial charge >= 0.3 is 5.69 Å². The number of aromatic amines is 1. The van der Waals surface area contributed by atoms with Crippen LogP contribution in [0.4, 0.5) is 0 Å². The predicted molar refractivity (Wildman–Crippen MR) is 139 cm³/mol. The number of hydrogen-bond acceptors (Lipinski definition) is 5. The van der Waals surface area contributed by atoms with Crippen molar-refractivity contribution in [2.75, 3.05) is 6.61 Å². The van der Waals surface area contributed by atoms with E-state index in [2.05, 4.69) is 11.1 Å². The molecule has 0 amide bonds. The second-order valence-electron chi connectivity index (χ2n) is 9.17. The second kappa shape index (κ2) is 10.4. The van der Waals surface area contributed by atoms with Gasteiger partial charge in [-0.05, 0) is 23.6 Å². The molecule has 0 saturated carbocycles. The van der Waals surface area contributed by atoms with Gasteiger partial charge in [0.05, 0.1) is 24.7 Å². The lowest BCUT2D eigenvalue weighted by Crippen LogP contribution is -2.37. The van der Waals surface area contributed by atoms with Gasteiger partial charge in [0, 0.05) is 18.2 Å². The largest absolute Gasteiger partial charge is 0.358 e. The molecule has 1 aliphatic heterocycles. The van der Waals surface area contributed by atoms with Crippen molar-refractivity contribution in [2.45, 2.75) is 31.3 Å². The van der Waals surface area contributed by atoms with Crippen LogP contribution < -0.4 is 11.2 Å². The number of hydrogen-bond donors (Lipinski definition) is 1. The number of H-pyrrole nitrogens is 1. The Morgan fingerprint density at radius 2 is 1.46 bits per heavy atom. The van der Waals surface area contributed by atoms with Gasteiger partial charge in [0.25, 0.3) is 5.56 Å². The summed E-state index contributed by atoms with van der Waals surface area (Å²) in [5.74, 6) is -0.496. The van der Waals surface area contributed by atoms with E-state index in [-0.39, 0.29) is 6.61 Å². The molecular formula is C30H27N3O4. The van der Waals surface area contributed by atoms with Crippen molar-refractivity contribution in [3.8, 4) is 6.07 Å². The number of ether oxygens (including phenoxy) is 2. The number of aryl methyl sites for hydroxylation is 1. The summed E-state index contributed by atoms with van der Waals surface area (Å²) < 4.78 is 14.4. The molecule has 1 aromatic heterocycles. The maximum Gasteiger partial charge on any atom is 0.330 e. The van der Waals surface area contributed by atoms with Crippen LogP contribution in [0.1, 0.15) is 34.9 Å². The van der Waals surface area contributed by atoms with Crippen molar-refractivity contribution in [1.82, 2.24) is 9.55 Å². The molecule has 1 saturated heterocycles. The molecule has 0 spiro atoms. The summed E-state index contributed by atoms with van der Waals surface area (Å²) in [5.41, 5.74) is 1.29. The van der Waals surface area contributed by atoms with Gasteiger partial charge in [-0.3, -0.25) is 14.3 Å². The first-order chi connectivity index (χ1) is 18.0. The molecule has 0 unspecified atom stereocenters. The number of nitrogens with one attached hydrogen (secondary N) is 1. The average Bonchev–Trinajstić information content (AvgIpc) is 3.36. The van der Waals surface area contributed by atoms with Crippen molar-refractivity contribution in [1.29, 1.82) is 5.26 Å². The van der Waals surface area contributed by atoms with Crippen LogP contribution in [0.3, 0.4) is 0 Å². The third-order valence-electron chi connectivity index (χ3n) is 6.86. The summed E-state index contributed by atoms with van der Waals surface area (Å²) in [6.45, 7) is 1.74. The van der Waals surface area contributed by atoms with Gasteiger partial charge in [-0.2, -0.15) is 5.26 Å². The van der Waals surface area contributed by atoms with E-state index in [1.54, 1.807) is 6.92 Å². The van der Waals surface area contributed by atoms with Gasteiger partial charge in [0.15, 0.2) is 0 Å². The lowest BCUT2D eigenvalue weighted by Gasteiger charge is -2.37. The summed E-state index contributed by atoms with van der Waals surface area (Å²) >= 11 is 0. The highest BCUT2D eigenvalue weighted by Crippen LogP contribution is 2.42. The third-order valence-corrected chi connectivity index (χ3v) is 6.86. The van der Waals surface area contributed by atoms with Gasteiger partial charge < -0.3 is 9.47 Å². The molecule has 7 nitrogen and oxygen atoms in total. The molecule has 4 aromatic rings. The lowest BCUT2D eigenvalue weighted by molar-refractivity contribution is -0.0816. The summed E-state index contributed by atoms with van der Waals surface area (Å²) in [5, 5.41) is 9.92. The Morgan fingerprint density at radius 1 is 0.946 bits per heavy atom. The van der Waals surface area contributed by atoms with E-state index in [0.717, 1.165) is 16.7 Å². The number of nitriles is 1. The van der Waals surface area contributed by atoms with Gasteiger partial charge in [-0.1, -0.05) is 91.0 Å². The molecule has 0 bridgehead atoms. The molecule has 0 aliphatic carbocycles. The fraction of sp³-hybridized carbons (Fsp3) is 0.233. The molecule has 1 N–H and O–H groups in total. The number of aromatic nitrogens is 2. The summed E-state index contributed by atoms with van der Waals surface area (Å²) in [6.07, 6.45) is 0.530. The minimum Gasteiger partial charge on any atom is -0.358 e. The van der Waals surface area contributed by atoms with E-state index >= 15 is 0 Å². The molecule has 1 aliphatic rings. The normalized spacial score (nSPS) is 19.4. The fourth-order valence-electron chi connectivity index (χ4n) is 4.97. The zero-order valence-electron chi connectivity index (χ0n) is 20.4. The van der Waals surface area contributed by atoms with Gasteiger partial charge in [-0.25, -0.2) is 4.79 Å². The minimum absolute atomic E-state index is 0.116. The predicted octanol–water partition coefficient (Wildman–Crippen LogP) is 4.28. The summed E-state index contributed by atoms with van der Waals surface area (Å²) in [7, 11) is 0. The van der Waals surface area contributed by atoms with Crippen molar-refractivity contribution >= 4 is 0 Å². The first-order valence-corrected chi connectivity index (χ1v) is 12.2. The van der Waals surface area contributed by atoms with Crippen LogP contribution in [0, 0.1) is 24.2 Å². The molecule has 3 aromatic carbocycles. The van der Waals surface area contributed by atoms with Crippen LogP contribution in [0.5, 0.6) is 0 Å². The van der Waals surface area contributed by atoms with Crippen LogP contribution in [0.15, 0.2) is 107 Å². The molecule has 1 fully saturated rings. The van der Waals surface area contributed by atoms with E-state index in [4.69, 9.17) is 9.47 Å². The van der Waals surface area contributed by atoms with E-state index in [1.807, 2.05) is 91.0 Å². The second-order valence-corrected chi connectivity index (χ2v) is 9.17. The molecule has 3 atom stereocenters. The van der Waals surface area contributed by atoms with Gasteiger partial charge in [-0.15, -0.1) is 0 Å². The van der Waals surface area contributed by atoms with E-state index in [0.29, 0.717) is 12.0 Å². The Morgan fingerprint density at radius 3 is 1.95 bits per heavy atom.